The summed E-state index contributed by atoms with van der Waals surface area (Å²) in [6.07, 6.45) is 1.83. The zero-order chi connectivity index (χ0) is 17.7. The van der Waals surface area contributed by atoms with E-state index >= 15 is 0 Å². The molecule has 1 heterocycles. The van der Waals surface area contributed by atoms with Crippen LogP contribution in [0.4, 0.5) is 4.79 Å². The Hall–Kier alpha value is -1.99. The van der Waals surface area contributed by atoms with Gasteiger partial charge in [-0.25, -0.2) is 9.79 Å². The van der Waals surface area contributed by atoms with E-state index < -0.39 is 5.60 Å². The maximum Gasteiger partial charge on any atom is 0.410 e. The maximum atomic E-state index is 11.9. The van der Waals surface area contributed by atoms with Crippen LogP contribution in [0.25, 0.3) is 0 Å². The molecule has 0 aromatic rings. The molecule has 2 aliphatic rings. The molecule has 1 saturated carbocycles. The standard InChI is InChI=1S/C16H29N5O3/c1-5-17-14(18-8-13(22)19-11-6-7-11)20-12-9-21(10-12)15(23)24-16(2,3)4/h11-12H,5-10H2,1-4H3,(H,19,22)(H2,17,18,20). The molecule has 8 heteroatoms. The van der Waals surface area contributed by atoms with Gasteiger partial charge in [-0.3, -0.25) is 4.79 Å². The molecule has 3 N–H and O–H groups in total. The van der Waals surface area contributed by atoms with Crippen molar-refractivity contribution in [1.29, 1.82) is 0 Å². The van der Waals surface area contributed by atoms with Crippen molar-refractivity contribution >= 4 is 18.0 Å². The number of nitrogens with one attached hydrogen (secondary N) is 3. The summed E-state index contributed by atoms with van der Waals surface area (Å²) in [5.41, 5.74) is -0.485. The zero-order valence-corrected chi connectivity index (χ0v) is 15.0. The topological polar surface area (TPSA) is 95.1 Å². The average Bonchev–Trinajstić information content (AvgIpc) is 3.21. The molecular weight excluding hydrogens is 310 g/mol. The van der Waals surface area contributed by atoms with Gasteiger partial charge in [0.05, 0.1) is 6.04 Å². The number of carbonyl (C=O) groups excluding carboxylic acids is 2. The lowest BCUT2D eigenvalue weighted by Gasteiger charge is -2.40. The first-order valence-electron chi connectivity index (χ1n) is 8.59. The fourth-order valence-electron chi connectivity index (χ4n) is 2.21. The summed E-state index contributed by atoms with van der Waals surface area (Å²) in [5.74, 6) is 0.538. The first-order chi connectivity index (χ1) is 11.3. The summed E-state index contributed by atoms with van der Waals surface area (Å²) in [6, 6.07) is 0.457. The van der Waals surface area contributed by atoms with Gasteiger partial charge in [0, 0.05) is 25.7 Å². The normalized spacial score (nSPS) is 18.7. The maximum absolute atomic E-state index is 11.9. The molecule has 0 aromatic carbocycles. The third kappa shape index (κ3) is 6.25. The monoisotopic (exact) mass is 339 g/mol. The van der Waals surface area contributed by atoms with Crippen molar-refractivity contribution < 1.29 is 14.3 Å². The molecule has 0 unspecified atom stereocenters. The van der Waals surface area contributed by atoms with Gasteiger partial charge in [-0.15, -0.1) is 0 Å². The van der Waals surface area contributed by atoms with Crippen molar-refractivity contribution in [2.75, 3.05) is 26.2 Å². The minimum atomic E-state index is -0.485. The number of nitrogens with zero attached hydrogens (tertiary/aromatic N) is 2. The van der Waals surface area contributed by atoms with E-state index in [2.05, 4.69) is 20.9 Å². The van der Waals surface area contributed by atoms with E-state index in [-0.39, 0.29) is 24.6 Å². The van der Waals surface area contributed by atoms with Crippen LogP contribution in [0, 0.1) is 0 Å². The van der Waals surface area contributed by atoms with Crippen LogP contribution in [0.2, 0.25) is 0 Å². The molecule has 0 atom stereocenters. The molecule has 1 aliphatic carbocycles. The quantitative estimate of drug-likeness (QED) is 0.499. The number of hydrogen-bond acceptors (Lipinski definition) is 4. The van der Waals surface area contributed by atoms with E-state index in [4.69, 9.17) is 4.74 Å². The highest BCUT2D eigenvalue weighted by molar-refractivity contribution is 5.85. The van der Waals surface area contributed by atoms with E-state index in [0.29, 0.717) is 31.6 Å². The third-order valence-corrected chi connectivity index (χ3v) is 3.54. The Bertz CT molecular complexity index is 490. The van der Waals surface area contributed by atoms with Crippen LogP contribution in [-0.2, 0) is 9.53 Å². The van der Waals surface area contributed by atoms with Crippen molar-refractivity contribution in [3.63, 3.8) is 0 Å². The van der Waals surface area contributed by atoms with E-state index in [9.17, 15) is 9.59 Å². The number of hydrogen-bond donors (Lipinski definition) is 3. The van der Waals surface area contributed by atoms with Gasteiger partial charge < -0.3 is 25.6 Å². The number of amides is 2. The molecule has 2 amide bonds. The predicted octanol–water partition coefficient (Wildman–Crippen LogP) is 0.439. The fourth-order valence-corrected chi connectivity index (χ4v) is 2.21. The Morgan fingerprint density at radius 3 is 2.38 bits per heavy atom. The van der Waals surface area contributed by atoms with Crippen molar-refractivity contribution in [1.82, 2.24) is 20.9 Å². The molecule has 2 fully saturated rings. The Balaban J connectivity index is 1.73. The van der Waals surface area contributed by atoms with Crippen LogP contribution in [0.1, 0.15) is 40.5 Å². The third-order valence-electron chi connectivity index (χ3n) is 3.54. The van der Waals surface area contributed by atoms with Gasteiger partial charge in [-0.2, -0.15) is 0 Å². The van der Waals surface area contributed by atoms with Crippen LogP contribution in [0.3, 0.4) is 0 Å². The van der Waals surface area contributed by atoms with E-state index in [1.807, 2.05) is 27.7 Å². The summed E-state index contributed by atoms with van der Waals surface area (Å²) in [5, 5.41) is 9.25. The molecule has 8 nitrogen and oxygen atoms in total. The highest BCUT2D eigenvalue weighted by atomic mass is 16.6. The first kappa shape index (κ1) is 18.4. The Labute approximate surface area is 143 Å². The molecular formula is C16H29N5O3. The minimum absolute atomic E-state index is 0.0568. The largest absolute Gasteiger partial charge is 0.444 e. The van der Waals surface area contributed by atoms with Gasteiger partial charge in [0.15, 0.2) is 5.96 Å². The second-order valence-electron chi connectivity index (χ2n) is 7.26. The van der Waals surface area contributed by atoms with Crippen LogP contribution in [0.15, 0.2) is 4.99 Å². The first-order valence-corrected chi connectivity index (χ1v) is 8.59. The summed E-state index contributed by atoms with van der Waals surface area (Å²) >= 11 is 0. The molecule has 24 heavy (non-hydrogen) atoms. The second kappa shape index (κ2) is 7.72. The number of rotatable bonds is 5. The Morgan fingerprint density at radius 1 is 1.17 bits per heavy atom. The lowest BCUT2D eigenvalue weighted by Crippen LogP contribution is -2.63. The fraction of sp³-hybridized carbons (Fsp3) is 0.812. The lowest BCUT2D eigenvalue weighted by atomic mass is 10.1. The SMILES string of the molecule is CCNC(=NCC(=O)NC1CC1)NC1CN(C(=O)OC(C)(C)C)C1. The van der Waals surface area contributed by atoms with Crippen molar-refractivity contribution in [2.24, 2.45) is 4.99 Å². The summed E-state index contributed by atoms with van der Waals surface area (Å²) in [7, 11) is 0. The molecule has 0 aromatic heterocycles. The number of ether oxygens (including phenoxy) is 1. The molecule has 0 bridgehead atoms. The average molecular weight is 339 g/mol. The molecule has 1 aliphatic heterocycles. The Kier molecular flexibility index (Phi) is 5.90. The number of likely N-dealkylation sites (tertiary alicyclic amines) is 1. The second-order valence-corrected chi connectivity index (χ2v) is 7.26. The lowest BCUT2D eigenvalue weighted by molar-refractivity contribution is -0.119. The number of carbonyl (C=O) groups is 2. The molecule has 2 rings (SSSR count). The number of aliphatic imine (C=N–C) groups is 1. The molecule has 0 spiro atoms. The molecule has 1 saturated heterocycles. The van der Waals surface area contributed by atoms with Gasteiger partial charge >= 0.3 is 6.09 Å². The summed E-state index contributed by atoms with van der Waals surface area (Å²) in [4.78, 5) is 29.5. The predicted molar refractivity (Wildman–Crippen MR) is 91.9 cm³/mol. The number of guanidine groups is 1. The van der Waals surface area contributed by atoms with Gasteiger partial charge in [-0.05, 0) is 40.5 Å². The van der Waals surface area contributed by atoms with E-state index in [1.54, 1.807) is 4.90 Å². The molecule has 136 valence electrons. The van der Waals surface area contributed by atoms with E-state index in [0.717, 1.165) is 12.8 Å². The Morgan fingerprint density at radius 2 is 1.83 bits per heavy atom. The minimum Gasteiger partial charge on any atom is -0.444 e. The van der Waals surface area contributed by atoms with Gasteiger partial charge in [-0.1, -0.05) is 0 Å². The zero-order valence-electron chi connectivity index (χ0n) is 15.0. The highest BCUT2D eigenvalue weighted by Crippen LogP contribution is 2.18. The van der Waals surface area contributed by atoms with E-state index in [1.165, 1.54) is 0 Å². The highest BCUT2D eigenvalue weighted by Gasteiger charge is 2.34. The van der Waals surface area contributed by atoms with Crippen molar-refractivity contribution in [3.8, 4) is 0 Å². The smallest absolute Gasteiger partial charge is 0.410 e. The van der Waals surface area contributed by atoms with Crippen LogP contribution in [-0.4, -0.2) is 66.7 Å². The molecule has 0 radical (unpaired) electrons. The van der Waals surface area contributed by atoms with Crippen LogP contribution >= 0.6 is 0 Å². The van der Waals surface area contributed by atoms with Crippen LogP contribution < -0.4 is 16.0 Å². The van der Waals surface area contributed by atoms with Gasteiger partial charge in [0.25, 0.3) is 0 Å². The summed E-state index contributed by atoms with van der Waals surface area (Å²) in [6.45, 7) is 9.46. The van der Waals surface area contributed by atoms with Crippen LogP contribution in [0.5, 0.6) is 0 Å². The van der Waals surface area contributed by atoms with Gasteiger partial charge in [0.2, 0.25) is 5.91 Å². The van der Waals surface area contributed by atoms with Crippen molar-refractivity contribution in [2.45, 2.75) is 58.2 Å². The van der Waals surface area contributed by atoms with Gasteiger partial charge in [0.1, 0.15) is 12.1 Å². The summed E-state index contributed by atoms with van der Waals surface area (Å²) < 4.78 is 5.32. The van der Waals surface area contributed by atoms with Crippen molar-refractivity contribution in [3.05, 3.63) is 0 Å².